The number of carbonyl (C=O) groups excluding carboxylic acids is 1. The van der Waals surface area contributed by atoms with Crippen LogP contribution in [-0.4, -0.2) is 36.3 Å². The Morgan fingerprint density at radius 2 is 2.25 bits per heavy atom. The number of ketones is 1. The maximum Gasteiger partial charge on any atom is 0.230 e. The average molecular weight is 244 g/mol. The van der Waals surface area contributed by atoms with Crippen LogP contribution in [-0.2, 0) is 14.8 Å². The van der Waals surface area contributed by atoms with E-state index < -0.39 is 15.3 Å². The average Bonchev–Trinajstić information content (AvgIpc) is 2.64. The molecule has 1 heterocycles. The summed E-state index contributed by atoms with van der Waals surface area (Å²) in [7, 11) is -3.56. The second-order valence-corrected chi connectivity index (χ2v) is 6.34. The number of rotatable bonds is 4. The normalized spacial score (nSPS) is 23.9. The molecule has 0 aromatic carbocycles. The second-order valence-electron chi connectivity index (χ2n) is 4.13. The lowest BCUT2D eigenvalue weighted by Gasteiger charge is -2.24. The number of nitriles is 1. The maximum absolute atomic E-state index is 11.9. The summed E-state index contributed by atoms with van der Waals surface area (Å²) < 4.78 is 25.2. The topological polar surface area (TPSA) is 78.2 Å². The van der Waals surface area contributed by atoms with Crippen LogP contribution < -0.4 is 0 Å². The smallest absolute Gasteiger partial charge is 0.230 e. The fraction of sp³-hybridized carbons (Fsp3) is 0.800. The molecule has 5 nitrogen and oxygen atoms in total. The van der Waals surface area contributed by atoms with Crippen molar-refractivity contribution in [1.29, 1.82) is 5.26 Å². The Bertz CT molecular complexity index is 410. The van der Waals surface area contributed by atoms with E-state index in [0.29, 0.717) is 13.0 Å². The summed E-state index contributed by atoms with van der Waals surface area (Å²) in [6.07, 6.45) is 1.71. The fourth-order valence-corrected chi connectivity index (χ4v) is 3.47. The largest absolute Gasteiger partial charge is 0.300 e. The van der Waals surface area contributed by atoms with Crippen LogP contribution in [0.1, 0.15) is 33.1 Å². The number of hydrogen-bond acceptors (Lipinski definition) is 4. The molecule has 0 aliphatic carbocycles. The zero-order chi connectivity index (χ0) is 12.3. The molecule has 1 rings (SSSR count). The summed E-state index contributed by atoms with van der Waals surface area (Å²) in [5, 5.41) is 7.63. The lowest BCUT2D eigenvalue weighted by molar-refractivity contribution is -0.117. The molecule has 0 aromatic rings. The van der Waals surface area contributed by atoms with Crippen molar-refractivity contribution < 1.29 is 13.2 Å². The Morgan fingerprint density at radius 3 is 2.75 bits per heavy atom. The van der Waals surface area contributed by atoms with E-state index in [1.54, 1.807) is 6.07 Å². The van der Waals surface area contributed by atoms with Crippen molar-refractivity contribution in [2.45, 2.75) is 44.4 Å². The van der Waals surface area contributed by atoms with E-state index in [4.69, 9.17) is 5.26 Å². The van der Waals surface area contributed by atoms with Crippen LogP contribution in [0.2, 0.25) is 0 Å². The Labute approximate surface area is 96.1 Å². The van der Waals surface area contributed by atoms with E-state index in [1.807, 2.05) is 0 Å². The third-order valence-electron chi connectivity index (χ3n) is 2.80. The van der Waals surface area contributed by atoms with Crippen LogP contribution in [0.3, 0.4) is 0 Å². The molecule has 0 N–H and O–H groups in total. The molecular formula is C10H16N2O3S. The van der Waals surface area contributed by atoms with Crippen LogP contribution in [0.4, 0.5) is 0 Å². The van der Waals surface area contributed by atoms with Crippen LogP contribution in [0.25, 0.3) is 0 Å². The van der Waals surface area contributed by atoms with Gasteiger partial charge in [-0.05, 0) is 26.7 Å². The van der Waals surface area contributed by atoms with Crippen LogP contribution in [0, 0.1) is 11.3 Å². The van der Waals surface area contributed by atoms with Gasteiger partial charge in [0, 0.05) is 19.0 Å². The molecule has 0 aromatic heterocycles. The number of Topliss-reactive ketones (excluding diaryl/α,β-unsaturated/α-hetero) is 1. The summed E-state index contributed by atoms with van der Waals surface area (Å²) in [4.78, 5) is 11.0. The highest BCUT2D eigenvalue weighted by atomic mass is 32.2. The van der Waals surface area contributed by atoms with Crippen molar-refractivity contribution in [3.05, 3.63) is 0 Å². The van der Waals surface area contributed by atoms with Crippen LogP contribution in [0.15, 0.2) is 0 Å². The van der Waals surface area contributed by atoms with Crippen LogP contribution in [0.5, 0.6) is 0 Å². The Kier molecular flexibility index (Phi) is 4.05. The van der Waals surface area contributed by atoms with E-state index in [9.17, 15) is 13.2 Å². The molecule has 0 spiro atoms. The molecule has 0 saturated carbocycles. The zero-order valence-corrected chi connectivity index (χ0v) is 10.3. The molecule has 0 amide bonds. The van der Waals surface area contributed by atoms with Crippen LogP contribution >= 0.6 is 0 Å². The van der Waals surface area contributed by atoms with E-state index >= 15 is 0 Å². The molecule has 0 radical (unpaired) electrons. The van der Waals surface area contributed by atoms with Crippen molar-refractivity contribution in [3.63, 3.8) is 0 Å². The predicted octanol–water partition coefficient (Wildman–Crippen LogP) is 0.672. The Hall–Kier alpha value is -0.930. The van der Waals surface area contributed by atoms with Gasteiger partial charge in [0.2, 0.25) is 10.0 Å². The van der Waals surface area contributed by atoms with Gasteiger partial charge in [-0.15, -0.1) is 0 Å². The first-order chi connectivity index (χ1) is 7.39. The third-order valence-corrected chi connectivity index (χ3v) is 4.94. The predicted molar refractivity (Wildman–Crippen MR) is 59.0 cm³/mol. The van der Waals surface area contributed by atoms with E-state index in [2.05, 4.69) is 0 Å². The van der Waals surface area contributed by atoms with Gasteiger partial charge in [-0.1, -0.05) is 0 Å². The molecule has 1 saturated heterocycles. The van der Waals surface area contributed by atoms with Gasteiger partial charge in [0.15, 0.2) is 5.25 Å². The van der Waals surface area contributed by atoms with Gasteiger partial charge >= 0.3 is 0 Å². The minimum Gasteiger partial charge on any atom is -0.300 e. The summed E-state index contributed by atoms with van der Waals surface area (Å²) in [6, 6.07) is 1.49. The van der Waals surface area contributed by atoms with Crippen molar-refractivity contribution in [2.75, 3.05) is 6.54 Å². The van der Waals surface area contributed by atoms with Crippen molar-refractivity contribution in [2.24, 2.45) is 0 Å². The second kappa shape index (κ2) is 4.93. The van der Waals surface area contributed by atoms with Crippen molar-refractivity contribution >= 4 is 15.8 Å². The van der Waals surface area contributed by atoms with Crippen molar-refractivity contribution in [1.82, 2.24) is 4.31 Å². The first-order valence-corrected chi connectivity index (χ1v) is 6.79. The molecule has 2 atom stereocenters. The summed E-state index contributed by atoms with van der Waals surface area (Å²) in [6.45, 7) is 3.25. The number of nitrogens with zero attached hydrogens (tertiary/aromatic N) is 2. The van der Waals surface area contributed by atoms with Crippen molar-refractivity contribution in [3.8, 4) is 6.07 Å². The fourth-order valence-electron chi connectivity index (χ4n) is 1.95. The van der Waals surface area contributed by atoms with E-state index in [0.717, 1.165) is 6.42 Å². The molecule has 1 aliphatic rings. The SMILES string of the molecule is CC(=O)CC1CCCN1S(=O)(=O)C(C)C#N. The van der Waals surface area contributed by atoms with E-state index in [1.165, 1.54) is 18.2 Å². The monoisotopic (exact) mass is 244 g/mol. The highest BCUT2D eigenvalue weighted by molar-refractivity contribution is 7.90. The minimum absolute atomic E-state index is 0.0169. The van der Waals surface area contributed by atoms with Gasteiger partial charge in [-0.2, -0.15) is 9.57 Å². The van der Waals surface area contributed by atoms with Gasteiger partial charge in [0.1, 0.15) is 5.78 Å². The number of sulfonamides is 1. The molecule has 6 heteroatoms. The molecule has 2 unspecified atom stereocenters. The lowest BCUT2D eigenvalue weighted by Crippen LogP contribution is -2.41. The first kappa shape index (κ1) is 13.1. The number of carbonyl (C=O) groups is 1. The van der Waals surface area contributed by atoms with Gasteiger partial charge in [0.25, 0.3) is 0 Å². The highest BCUT2D eigenvalue weighted by Crippen LogP contribution is 2.25. The summed E-state index contributed by atoms with van der Waals surface area (Å²) in [5.74, 6) is -0.0169. The molecule has 16 heavy (non-hydrogen) atoms. The zero-order valence-electron chi connectivity index (χ0n) is 9.51. The van der Waals surface area contributed by atoms with Gasteiger partial charge in [-0.25, -0.2) is 8.42 Å². The molecule has 1 aliphatic heterocycles. The Balaban J connectivity index is 2.87. The summed E-state index contributed by atoms with van der Waals surface area (Å²) >= 11 is 0. The van der Waals surface area contributed by atoms with E-state index in [-0.39, 0.29) is 18.2 Å². The van der Waals surface area contributed by atoms with Gasteiger partial charge < -0.3 is 0 Å². The molecule has 0 bridgehead atoms. The minimum atomic E-state index is -3.56. The molecule has 90 valence electrons. The Morgan fingerprint density at radius 1 is 1.62 bits per heavy atom. The first-order valence-electron chi connectivity index (χ1n) is 5.29. The maximum atomic E-state index is 11.9. The standard InChI is InChI=1S/C10H16N2O3S/c1-8(13)6-10-4-3-5-12(10)16(14,15)9(2)7-11/h9-10H,3-6H2,1-2H3. The molecular weight excluding hydrogens is 228 g/mol. The summed E-state index contributed by atoms with van der Waals surface area (Å²) in [5.41, 5.74) is 0. The number of hydrogen-bond donors (Lipinski definition) is 0. The lowest BCUT2D eigenvalue weighted by atomic mass is 10.1. The van der Waals surface area contributed by atoms with Gasteiger partial charge in [0.05, 0.1) is 6.07 Å². The third kappa shape index (κ3) is 2.60. The molecule has 1 fully saturated rings. The van der Waals surface area contributed by atoms with Gasteiger partial charge in [-0.3, -0.25) is 4.79 Å². The quantitative estimate of drug-likeness (QED) is 0.728. The highest BCUT2D eigenvalue weighted by Gasteiger charge is 2.37.